The molecule has 0 spiro atoms. The van der Waals surface area contributed by atoms with Crippen LogP contribution in [0.25, 0.3) is 16.8 Å². The highest BCUT2D eigenvalue weighted by atomic mass is 35.5. The second-order valence-corrected chi connectivity index (χ2v) is 5.77. The summed E-state index contributed by atoms with van der Waals surface area (Å²) in [7, 11) is 0. The summed E-state index contributed by atoms with van der Waals surface area (Å²) >= 11 is 5.98. The van der Waals surface area contributed by atoms with Crippen LogP contribution in [0.2, 0.25) is 5.02 Å². The number of amides is 1. The minimum absolute atomic E-state index is 0.260. The third-order valence-electron chi connectivity index (χ3n) is 3.72. The monoisotopic (exact) mass is 349 g/mol. The molecule has 0 aliphatic heterocycles. The van der Waals surface area contributed by atoms with Crippen LogP contribution in [0, 0.1) is 0 Å². The Morgan fingerprint density at radius 2 is 1.84 bits per heavy atom. The number of rotatable bonds is 3. The van der Waals surface area contributed by atoms with E-state index in [4.69, 9.17) is 11.6 Å². The summed E-state index contributed by atoms with van der Waals surface area (Å²) in [4.78, 5) is 20.7. The molecule has 0 radical (unpaired) electrons. The van der Waals surface area contributed by atoms with E-state index in [0.29, 0.717) is 22.0 Å². The van der Waals surface area contributed by atoms with Gasteiger partial charge in [-0.3, -0.25) is 9.78 Å². The molecule has 6 nitrogen and oxygen atoms in total. The number of benzene rings is 1. The molecule has 1 N–H and O–H groups in total. The molecule has 0 saturated heterocycles. The fourth-order valence-corrected chi connectivity index (χ4v) is 2.75. The molecule has 0 atom stereocenters. The Morgan fingerprint density at radius 1 is 1.04 bits per heavy atom. The molecule has 7 heteroatoms. The van der Waals surface area contributed by atoms with Gasteiger partial charge in [-0.2, -0.15) is 5.10 Å². The number of nitrogens with one attached hydrogen (secondary N) is 1. The lowest BCUT2D eigenvalue weighted by Crippen LogP contribution is -2.12. The number of nitrogens with zero attached hydrogens (tertiary/aromatic N) is 4. The first-order valence-electron chi connectivity index (χ1n) is 7.52. The summed E-state index contributed by atoms with van der Waals surface area (Å²) in [5.74, 6) is -0.260. The molecule has 0 saturated carbocycles. The molecule has 25 heavy (non-hydrogen) atoms. The highest BCUT2D eigenvalue weighted by Gasteiger charge is 2.17. The largest absolute Gasteiger partial charge is 0.318 e. The van der Waals surface area contributed by atoms with E-state index in [1.54, 1.807) is 59.8 Å². The van der Waals surface area contributed by atoms with Crippen LogP contribution < -0.4 is 5.32 Å². The maximum Gasteiger partial charge on any atom is 0.255 e. The molecular formula is C18H12ClN5O. The van der Waals surface area contributed by atoms with Crippen LogP contribution in [0.4, 0.5) is 5.69 Å². The van der Waals surface area contributed by atoms with E-state index in [0.717, 1.165) is 11.1 Å². The van der Waals surface area contributed by atoms with Gasteiger partial charge in [0.05, 0.1) is 11.2 Å². The lowest BCUT2D eigenvalue weighted by atomic mass is 10.1. The number of halogens is 1. The Morgan fingerprint density at radius 3 is 2.64 bits per heavy atom. The quantitative estimate of drug-likeness (QED) is 0.612. The van der Waals surface area contributed by atoms with Gasteiger partial charge in [0.1, 0.15) is 12.0 Å². The molecule has 0 bridgehead atoms. The lowest BCUT2D eigenvalue weighted by molar-refractivity contribution is 0.102. The van der Waals surface area contributed by atoms with Crippen molar-refractivity contribution in [2.45, 2.75) is 0 Å². The van der Waals surface area contributed by atoms with Crippen molar-refractivity contribution in [1.29, 1.82) is 0 Å². The fraction of sp³-hybridized carbons (Fsp3) is 0. The van der Waals surface area contributed by atoms with Crippen molar-refractivity contribution in [3.8, 4) is 11.3 Å². The summed E-state index contributed by atoms with van der Waals surface area (Å²) in [6.45, 7) is 0. The van der Waals surface area contributed by atoms with Gasteiger partial charge in [0, 0.05) is 34.7 Å². The first kappa shape index (κ1) is 15.3. The van der Waals surface area contributed by atoms with Crippen LogP contribution in [0.3, 0.4) is 0 Å². The molecule has 1 amide bonds. The number of hydrogen-bond acceptors (Lipinski definition) is 4. The van der Waals surface area contributed by atoms with Crippen LogP contribution in [-0.4, -0.2) is 25.5 Å². The van der Waals surface area contributed by atoms with Gasteiger partial charge < -0.3 is 5.32 Å². The summed E-state index contributed by atoms with van der Waals surface area (Å²) in [6, 6.07) is 12.3. The smallest absolute Gasteiger partial charge is 0.255 e. The van der Waals surface area contributed by atoms with E-state index in [1.807, 2.05) is 12.1 Å². The van der Waals surface area contributed by atoms with Crippen molar-refractivity contribution in [3.63, 3.8) is 0 Å². The Kier molecular flexibility index (Phi) is 3.87. The lowest BCUT2D eigenvalue weighted by Gasteiger charge is -2.07. The van der Waals surface area contributed by atoms with E-state index in [2.05, 4.69) is 20.4 Å². The first-order valence-corrected chi connectivity index (χ1v) is 7.90. The summed E-state index contributed by atoms with van der Waals surface area (Å²) in [5, 5.41) is 7.98. The highest BCUT2D eigenvalue weighted by Crippen LogP contribution is 2.31. The zero-order chi connectivity index (χ0) is 17.2. The van der Waals surface area contributed by atoms with Gasteiger partial charge in [-0.05, 0) is 36.4 Å². The number of carbonyl (C=O) groups excluding carboxylic acids is 1. The summed E-state index contributed by atoms with van der Waals surface area (Å²) in [6.07, 6.45) is 6.61. The van der Waals surface area contributed by atoms with E-state index >= 15 is 0 Å². The predicted octanol–water partition coefficient (Wildman–Crippen LogP) is 3.70. The van der Waals surface area contributed by atoms with Gasteiger partial charge in [0.25, 0.3) is 5.91 Å². The van der Waals surface area contributed by atoms with Crippen LogP contribution in [0.1, 0.15) is 10.4 Å². The molecule has 4 rings (SSSR count). The zero-order valence-electron chi connectivity index (χ0n) is 12.9. The van der Waals surface area contributed by atoms with Crippen molar-refractivity contribution in [2.75, 3.05) is 5.32 Å². The van der Waals surface area contributed by atoms with Gasteiger partial charge in [-0.25, -0.2) is 9.50 Å². The Bertz CT molecular complexity index is 1060. The third kappa shape index (κ3) is 2.95. The summed E-state index contributed by atoms with van der Waals surface area (Å²) < 4.78 is 1.63. The van der Waals surface area contributed by atoms with E-state index in [9.17, 15) is 4.79 Å². The van der Waals surface area contributed by atoms with Gasteiger partial charge in [0.2, 0.25) is 0 Å². The Balaban J connectivity index is 1.81. The van der Waals surface area contributed by atoms with Crippen molar-refractivity contribution >= 4 is 28.7 Å². The molecule has 0 unspecified atom stereocenters. The molecule has 1 aromatic carbocycles. The topological polar surface area (TPSA) is 72.2 Å². The fourth-order valence-electron chi connectivity index (χ4n) is 2.56. The minimum Gasteiger partial charge on any atom is -0.318 e. The first-order chi connectivity index (χ1) is 12.2. The Hall–Kier alpha value is -3.25. The van der Waals surface area contributed by atoms with Crippen molar-refractivity contribution < 1.29 is 4.79 Å². The molecule has 122 valence electrons. The highest BCUT2D eigenvalue weighted by molar-refractivity contribution is 6.31. The number of anilines is 1. The number of hydrogen-bond donors (Lipinski definition) is 1. The van der Waals surface area contributed by atoms with E-state index < -0.39 is 0 Å². The zero-order valence-corrected chi connectivity index (χ0v) is 13.7. The standard InChI is InChI=1S/C18H12ClN5O/c19-14-3-1-2-13(10-14)18(25)22-17-15-6-9-21-11-24(15)23-16(17)12-4-7-20-8-5-12/h1-11H,(H,22,25). The minimum atomic E-state index is -0.260. The second-order valence-electron chi connectivity index (χ2n) is 5.33. The van der Waals surface area contributed by atoms with Crippen LogP contribution in [0.5, 0.6) is 0 Å². The van der Waals surface area contributed by atoms with Crippen molar-refractivity contribution in [3.05, 3.63) is 78.0 Å². The SMILES string of the molecule is O=C(Nc1c(-c2ccncc2)nn2cnccc12)c1cccc(Cl)c1. The Labute approximate surface area is 148 Å². The normalized spacial score (nSPS) is 10.8. The van der Waals surface area contributed by atoms with Gasteiger partial charge in [-0.15, -0.1) is 0 Å². The molecule has 4 aromatic rings. The molecule has 0 aliphatic rings. The second kappa shape index (κ2) is 6.33. The molecule has 3 heterocycles. The van der Waals surface area contributed by atoms with E-state index in [1.165, 1.54) is 0 Å². The average Bonchev–Trinajstić information content (AvgIpc) is 3.01. The number of aromatic nitrogens is 4. The number of carbonyl (C=O) groups is 1. The van der Waals surface area contributed by atoms with E-state index in [-0.39, 0.29) is 5.91 Å². The molecule has 0 fully saturated rings. The van der Waals surface area contributed by atoms with Crippen molar-refractivity contribution in [2.24, 2.45) is 0 Å². The third-order valence-corrected chi connectivity index (χ3v) is 3.96. The van der Waals surface area contributed by atoms with Gasteiger partial charge in [0.15, 0.2) is 0 Å². The van der Waals surface area contributed by atoms with Gasteiger partial charge in [-0.1, -0.05) is 17.7 Å². The number of pyridine rings is 1. The maximum atomic E-state index is 12.7. The van der Waals surface area contributed by atoms with Crippen LogP contribution in [-0.2, 0) is 0 Å². The maximum absolute atomic E-state index is 12.7. The molecule has 0 aliphatic carbocycles. The summed E-state index contributed by atoms with van der Waals surface area (Å²) in [5.41, 5.74) is 3.32. The molecule has 3 aromatic heterocycles. The number of fused-ring (bicyclic) bond motifs is 1. The van der Waals surface area contributed by atoms with Crippen molar-refractivity contribution in [1.82, 2.24) is 19.6 Å². The van der Waals surface area contributed by atoms with Gasteiger partial charge >= 0.3 is 0 Å². The average molecular weight is 350 g/mol. The van der Waals surface area contributed by atoms with Crippen LogP contribution in [0.15, 0.2) is 67.4 Å². The predicted molar refractivity (Wildman–Crippen MR) is 95.6 cm³/mol. The van der Waals surface area contributed by atoms with Crippen LogP contribution >= 0.6 is 11.6 Å². The molecular weight excluding hydrogens is 338 g/mol.